The quantitative estimate of drug-likeness (QED) is 0.916. The van der Waals surface area contributed by atoms with Crippen LogP contribution in [-0.4, -0.2) is 45.7 Å². The van der Waals surface area contributed by atoms with Gasteiger partial charge in [-0.3, -0.25) is 0 Å². The summed E-state index contributed by atoms with van der Waals surface area (Å²) in [5, 5.41) is 3.56. The Bertz CT molecular complexity index is 704. The van der Waals surface area contributed by atoms with Crippen LogP contribution in [0.1, 0.15) is 43.3 Å². The molecule has 1 aliphatic carbocycles. The number of nitrogens with one attached hydrogen (secondary N) is 1. The average molecular weight is 340 g/mol. The van der Waals surface area contributed by atoms with E-state index in [4.69, 9.17) is 4.74 Å². The maximum absolute atomic E-state index is 6.00. The molecule has 2 aromatic heterocycles. The summed E-state index contributed by atoms with van der Waals surface area (Å²) in [6.45, 7) is 4.18. The van der Waals surface area contributed by atoms with Crippen LogP contribution in [0, 0.1) is 6.92 Å². The van der Waals surface area contributed by atoms with E-state index in [1.807, 2.05) is 25.4 Å². The van der Waals surface area contributed by atoms with Crippen molar-refractivity contribution in [3.8, 4) is 0 Å². The molecule has 1 unspecified atom stereocenters. The van der Waals surface area contributed by atoms with Gasteiger partial charge in [0.05, 0.1) is 36.9 Å². The van der Waals surface area contributed by atoms with Gasteiger partial charge in [0.25, 0.3) is 0 Å². The highest BCUT2D eigenvalue weighted by Crippen LogP contribution is 2.27. The Hall–Kier alpha value is -2.28. The molecule has 1 saturated carbocycles. The van der Waals surface area contributed by atoms with Gasteiger partial charge in [-0.05, 0) is 19.8 Å². The lowest BCUT2D eigenvalue weighted by Crippen LogP contribution is -2.38. The molecule has 7 nitrogen and oxygen atoms in total. The second kappa shape index (κ2) is 7.31. The zero-order valence-electron chi connectivity index (χ0n) is 14.6. The van der Waals surface area contributed by atoms with Crippen LogP contribution in [0.4, 0.5) is 11.5 Å². The summed E-state index contributed by atoms with van der Waals surface area (Å²) < 4.78 is 6.00. The molecule has 1 atom stereocenters. The predicted molar refractivity (Wildman–Crippen MR) is 95.6 cm³/mol. The molecule has 2 aromatic rings. The summed E-state index contributed by atoms with van der Waals surface area (Å²) in [6.07, 6.45) is 10.2. The molecule has 2 fully saturated rings. The van der Waals surface area contributed by atoms with E-state index in [1.165, 1.54) is 25.7 Å². The molecule has 0 radical (unpaired) electrons. The Morgan fingerprint density at radius 1 is 1.16 bits per heavy atom. The maximum atomic E-state index is 6.00. The molecule has 0 aromatic carbocycles. The van der Waals surface area contributed by atoms with E-state index in [9.17, 15) is 0 Å². The summed E-state index contributed by atoms with van der Waals surface area (Å²) in [5.41, 5.74) is 1.96. The van der Waals surface area contributed by atoms with E-state index in [2.05, 4.69) is 30.2 Å². The molecule has 3 heterocycles. The van der Waals surface area contributed by atoms with Crippen LogP contribution < -0.4 is 10.2 Å². The Kier molecular flexibility index (Phi) is 4.74. The summed E-state index contributed by atoms with van der Waals surface area (Å²) in [6, 6.07) is 2.58. The molecule has 1 aliphatic heterocycles. The summed E-state index contributed by atoms with van der Waals surface area (Å²) in [7, 11) is 0. The fourth-order valence-corrected chi connectivity index (χ4v) is 3.63. The fourth-order valence-electron chi connectivity index (χ4n) is 3.63. The molecular formula is C18H24N6O. The molecule has 0 bridgehead atoms. The van der Waals surface area contributed by atoms with Gasteiger partial charge in [-0.15, -0.1) is 0 Å². The largest absolute Gasteiger partial charge is 0.368 e. The third-order valence-corrected chi connectivity index (χ3v) is 4.87. The molecular weight excluding hydrogens is 316 g/mol. The predicted octanol–water partition coefficient (Wildman–Crippen LogP) is 2.51. The number of ether oxygens (including phenoxy) is 1. The minimum Gasteiger partial charge on any atom is -0.368 e. The van der Waals surface area contributed by atoms with Gasteiger partial charge in [0.15, 0.2) is 0 Å². The molecule has 7 heteroatoms. The third-order valence-electron chi connectivity index (χ3n) is 4.87. The van der Waals surface area contributed by atoms with Gasteiger partial charge >= 0.3 is 0 Å². The highest BCUT2D eigenvalue weighted by molar-refractivity contribution is 5.43. The zero-order chi connectivity index (χ0) is 17.1. The van der Waals surface area contributed by atoms with E-state index in [0.717, 1.165) is 36.1 Å². The van der Waals surface area contributed by atoms with Crippen LogP contribution in [-0.2, 0) is 4.74 Å². The number of rotatable bonds is 4. The number of aryl methyl sites for hydroxylation is 1. The topological polar surface area (TPSA) is 76.1 Å². The lowest BCUT2D eigenvalue weighted by molar-refractivity contribution is 0.0368. The van der Waals surface area contributed by atoms with Crippen molar-refractivity contribution >= 4 is 11.5 Å². The Morgan fingerprint density at radius 2 is 1.96 bits per heavy atom. The third kappa shape index (κ3) is 3.87. The van der Waals surface area contributed by atoms with Crippen LogP contribution in [0.15, 0.2) is 24.8 Å². The Balaban J connectivity index is 1.51. The second-order valence-electron chi connectivity index (χ2n) is 6.75. The lowest BCUT2D eigenvalue weighted by Gasteiger charge is -2.34. The maximum Gasteiger partial charge on any atom is 0.130 e. The van der Waals surface area contributed by atoms with Crippen molar-refractivity contribution in [1.82, 2.24) is 19.9 Å². The van der Waals surface area contributed by atoms with Crippen molar-refractivity contribution in [3.05, 3.63) is 36.3 Å². The lowest BCUT2D eigenvalue weighted by atomic mass is 10.1. The summed E-state index contributed by atoms with van der Waals surface area (Å²) in [4.78, 5) is 19.7. The van der Waals surface area contributed by atoms with Crippen LogP contribution in [0.2, 0.25) is 0 Å². The van der Waals surface area contributed by atoms with Gasteiger partial charge in [-0.25, -0.2) is 19.9 Å². The standard InChI is InChI=1S/C18H24N6O/c1-13-21-16(8-18(22-13)23-14-4-2-3-5-14)17-11-24(6-7-25-17)15-9-19-12-20-10-15/h8-10,12,14,17H,2-7,11H2,1H3,(H,21,22,23). The van der Waals surface area contributed by atoms with Crippen molar-refractivity contribution in [2.45, 2.75) is 44.8 Å². The molecule has 0 spiro atoms. The number of hydrogen-bond donors (Lipinski definition) is 1. The molecule has 25 heavy (non-hydrogen) atoms. The van der Waals surface area contributed by atoms with Gasteiger partial charge in [0.1, 0.15) is 24.1 Å². The van der Waals surface area contributed by atoms with Gasteiger partial charge in [0.2, 0.25) is 0 Å². The van der Waals surface area contributed by atoms with Crippen molar-refractivity contribution in [2.24, 2.45) is 0 Å². The zero-order valence-corrected chi connectivity index (χ0v) is 14.6. The first-order valence-electron chi connectivity index (χ1n) is 9.01. The van der Waals surface area contributed by atoms with Gasteiger partial charge in [-0.1, -0.05) is 12.8 Å². The number of aromatic nitrogens is 4. The fraction of sp³-hybridized carbons (Fsp3) is 0.556. The Labute approximate surface area is 147 Å². The minimum atomic E-state index is -0.0696. The molecule has 1 saturated heterocycles. The second-order valence-corrected chi connectivity index (χ2v) is 6.75. The van der Waals surface area contributed by atoms with Crippen molar-refractivity contribution in [1.29, 1.82) is 0 Å². The van der Waals surface area contributed by atoms with Gasteiger partial charge in [-0.2, -0.15) is 0 Å². The van der Waals surface area contributed by atoms with Crippen LogP contribution in [0.25, 0.3) is 0 Å². The smallest absolute Gasteiger partial charge is 0.130 e. The van der Waals surface area contributed by atoms with E-state index in [1.54, 1.807) is 6.33 Å². The van der Waals surface area contributed by atoms with E-state index in [-0.39, 0.29) is 6.10 Å². The molecule has 0 amide bonds. The van der Waals surface area contributed by atoms with E-state index >= 15 is 0 Å². The van der Waals surface area contributed by atoms with Crippen molar-refractivity contribution in [3.63, 3.8) is 0 Å². The van der Waals surface area contributed by atoms with Crippen LogP contribution in [0.5, 0.6) is 0 Å². The Morgan fingerprint density at radius 3 is 2.76 bits per heavy atom. The SMILES string of the molecule is Cc1nc(NC2CCCC2)cc(C2CN(c3cncnc3)CCO2)n1. The first-order chi connectivity index (χ1) is 12.3. The van der Waals surface area contributed by atoms with Crippen molar-refractivity contribution in [2.75, 3.05) is 29.9 Å². The first kappa shape index (κ1) is 16.2. The van der Waals surface area contributed by atoms with Crippen molar-refractivity contribution < 1.29 is 4.74 Å². The first-order valence-corrected chi connectivity index (χ1v) is 9.01. The monoisotopic (exact) mass is 340 g/mol. The van der Waals surface area contributed by atoms with Gasteiger partial charge in [0, 0.05) is 18.7 Å². The summed E-state index contributed by atoms with van der Waals surface area (Å²) in [5.74, 6) is 1.69. The van der Waals surface area contributed by atoms with Gasteiger partial charge < -0.3 is 15.0 Å². The average Bonchev–Trinajstić information content (AvgIpc) is 3.15. The molecule has 132 valence electrons. The summed E-state index contributed by atoms with van der Waals surface area (Å²) >= 11 is 0. The minimum absolute atomic E-state index is 0.0696. The van der Waals surface area contributed by atoms with E-state index < -0.39 is 0 Å². The van der Waals surface area contributed by atoms with E-state index in [0.29, 0.717) is 12.6 Å². The number of anilines is 2. The number of morpholine rings is 1. The van der Waals surface area contributed by atoms with Crippen LogP contribution in [0.3, 0.4) is 0 Å². The normalized spacial score (nSPS) is 21.5. The van der Waals surface area contributed by atoms with Crippen LogP contribution >= 0.6 is 0 Å². The highest BCUT2D eigenvalue weighted by atomic mass is 16.5. The number of hydrogen-bond acceptors (Lipinski definition) is 7. The molecule has 2 aliphatic rings. The highest BCUT2D eigenvalue weighted by Gasteiger charge is 2.25. The molecule has 1 N–H and O–H groups in total. The molecule has 4 rings (SSSR count). The number of nitrogens with zero attached hydrogens (tertiary/aromatic N) is 5.